The molecule has 17 heavy (non-hydrogen) atoms. The van der Waals surface area contributed by atoms with Crippen LogP contribution in [0.4, 0.5) is 4.79 Å². The monoisotopic (exact) mass is 243 g/mol. The van der Waals surface area contributed by atoms with Gasteiger partial charge in [-0.1, -0.05) is 0 Å². The SMILES string of the molecule is CC(C)(C)OCC1CN(C(=O)OC(C)(C)C)C1. The number of hydrogen-bond donors (Lipinski definition) is 0. The Labute approximate surface area is 104 Å². The number of nitrogens with zero attached hydrogens (tertiary/aromatic N) is 1. The fraction of sp³-hybridized carbons (Fsp3) is 0.923. The molecule has 0 aromatic heterocycles. The van der Waals surface area contributed by atoms with Crippen molar-refractivity contribution < 1.29 is 14.3 Å². The molecule has 1 amide bonds. The van der Waals surface area contributed by atoms with E-state index in [0.29, 0.717) is 12.5 Å². The molecule has 0 bridgehead atoms. The molecule has 100 valence electrons. The van der Waals surface area contributed by atoms with E-state index in [4.69, 9.17) is 9.47 Å². The zero-order valence-electron chi connectivity index (χ0n) is 11.9. The van der Waals surface area contributed by atoms with E-state index in [-0.39, 0.29) is 11.7 Å². The molecule has 1 rings (SSSR count). The average Bonchev–Trinajstić information content (AvgIpc) is 1.94. The summed E-state index contributed by atoms with van der Waals surface area (Å²) in [4.78, 5) is 13.4. The van der Waals surface area contributed by atoms with Crippen molar-refractivity contribution in [3.8, 4) is 0 Å². The lowest BCUT2D eigenvalue weighted by Crippen LogP contribution is -2.53. The molecule has 0 saturated carbocycles. The highest BCUT2D eigenvalue weighted by Crippen LogP contribution is 2.21. The Kier molecular flexibility index (Phi) is 4.07. The highest BCUT2D eigenvalue weighted by Gasteiger charge is 2.34. The normalized spacial score (nSPS) is 17.9. The van der Waals surface area contributed by atoms with Gasteiger partial charge in [0.2, 0.25) is 0 Å². The molecule has 1 aliphatic rings. The maximum Gasteiger partial charge on any atom is 0.410 e. The minimum Gasteiger partial charge on any atom is -0.444 e. The van der Waals surface area contributed by atoms with Crippen molar-refractivity contribution in [3.05, 3.63) is 0 Å². The number of carbonyl (C=O) groups is 1. The lowest BCUT2D eigenvalue weighted by molar-refractivity contribution is -0.0603. The first-order chi connectivity index (χ1) is 7.57. The lowest BCUT2D eigenvalue weighted by Gasteiger charge is -2.40. The van der Waals surface area contributed by atoms with Crippen LogP contribution in [0, 0.1) is 5.92 Å². The highest BCUT2D eigenvalue weighted by molar-refractivity contribution is 5.69. The van der Waals surface area contributed by atoms with Gasteiger partial charge in [-0.3, -0.25) is 0 Å². The van der Waals surface area contributed by atoms with E-state index in [1.807, 2.05) is 41.5 Å². The van der Waals surface area contributed by atoms with E-state index in [1.54, 1.807) is 4.90 Å². The van der Waals surface area contributed by atoms with Gasteiger partial charge in [0.1, 0.15) is 5.60 Å². The molecule has 0 aromatic rings. The van der Waals surface area contributed by atoms with Crippen molar-refractivity contribution >= 4 is 6.09 Å². The van der Waals surface area contributed by atoms with Crippen LogP contribution < -0.4 is 0 Å². The van der Waals surface area contributed by atoms with E-state index in [1.165, 1.54) is 0 Å². The van der Waals surface area contributed by atoms with Crippen LogP contribution in [0.3, 0.4) is 0 Å². The van der Waals surface area contributed by atoms with Crippen LogP contribution in [0.2, 0.25) is 0 Å². The number of carbonyl (C=O) groups excluding carboxylic acids is 1. The van der Waals surface area contributed by atoms with E-state index in [2.05, 4.69) is 0 Å². The van der Waals surface area contributed by atoms with Gasteiger partial charge in [0, 0.05) is 19.0 Å². The first kappa shape index (κ1) is 14.3. The van der Waals surface area contributed by atoms with Crippen LogP contribution in [-0.2, 0) is 9.47 Å². The summed E-state index contributed by atoms with van der Waals surface area (Å²) in [5, 5.41) is 0. The van der Waals surface area contributed by atoms with Gasteiger partial charge < -0.3 is 14.4 Å². The van der Waals surface area contributed by atoms with Gasteiger partial charge in [-0.15, -0.1) is 0 Å². The number of hydrogen-bond acceptors (Lipinski definition) is 3. The number of ether oxygens (including phenoxy) is 2. The Hall–Kier alpha value is -0.770. The van der Waals surface area contributed by atoms with Crippen LogP contribution in [0.15, 0.2) is 0 Å². The van der Waals surface area contributed by atoms with Crippen molar-refractivity contribution in [1.82, 2.24) is 4.90 Å². The third-order valence-electron chi connectivity index (χ3n) is 2.36. The molecule has 0 N–H and O–H groups in total. The quantitative estimate of drug-likeness (QED) is 0.748. The third kappa shape index (κ3) is 5.39. The predicted octanol–water partition coefficient (Wildman–Crippen LogP) is 2.67. The standard InChI is InChI=1S/C13H25NO3/c1-12(2,3)16-9-10-7-14(8-10)11(15)17-13(4,5)6/h10H,7-9H2,1-6H3. The maximum atomic E-state index is 11.7. The van der Waals surface area contributed by atoms with Gasteiger partial charge in [-0.05, 0) is 41.5 Å². The summed E-state index contributed by atoms with van der Waals surface area (Å²) >= 11 is 0. The van der Waals surface area contributed by atoms with Crippen molar-refractivity contribution in [3.63, 3.8) is 0 Å². The smallest absolute Gasteiger partial charge is 0.410 e. The zero-order chi connectivity index (χ0) is 13.3. The Balaban J connectivity index is 2.21. The Morgan fingerprint density at radius 1 is 1.12 bits per heavy atom. The molecule has 0 atom stereocenters. The minimum absolute atomic E-state index is 0.105. The zero-order valence-corrected chi connectivity index (χ0v) is 11.9. The average molecular weight is 243 g/mol. The van der Waals surface area contributed by atoms with Crippen LogP contribution >= 0.6 is 0 Å². The molecule has 4 nitrogen and oxygen atoms in total. The Morgan fingerprint density at radius 2 is 1.65 bits per heavy atom. The highest BCUT2D eigenvalue weighted by atomic mass is 16.6. The second-order valence-corrected chi connectivity index (χ2v) is 6.67. The molecule has 1 saturated heterocycles. The Morgan fingerprint density at radius 3 is 2.06 bits per heavy atom. The van der Waals surface area contributed by atoms with E-state index in [9.17, 15) is 4.79 Å². The molecule has 1 heterocycles. The molecule has 1 aliphatic heterocycles. The van der Waals surface area contributed by atoms with Gasteiger partial charge in [-0.25, -0.2) is 4.79 Å². The second kappa shape index (κ2) is 4.84. The fourth-order valence-corrected chi connectivity index (χ4v) is 1.52. The van der Waals surface area contributed by atoms with Crippen LogP contribution in [0.25, 0.3) is 0 Å². The van der Waals surface area contributed by atoms with Crippen molar-refractivity contribution in [1.29, 1.82) is 0 Å². The summed E-state index contributed by atoms with van der Waals surface area (Å²) in [6.45, 7) is 13.9. The van der Waals surface area contributed by atoms with Gasteiger partial charge in [0.15, 0.2) is 0 Å². The first-order valence-electron chi connectivity index (χ1n) is 6.19. The van der Waals surface area contributed by atoms with Crippen molar-refractivity contribution in [2.75, 3.05) is 19.7 Å². The summed E-state index contributed by atoms with van der Waals surface area (Å²) in [6, 6.07) is 0. The van der Waals surface area contributed by atoms with Crippen molar-refractivity contribution in [2.45, 2.75) is 52.7 Å². The van der Waals surface area contributed by atoms with Gasteiger partial charge >= 0.3 is 6.09 Å². The molecular formula is C13H25NO3. The molecule has 0 spiro atoms. The van der Waals surface area contributed by atoms with Gasteiger partial charge in [0.25, 0.3) is 0 Å². The molecular weight excluding hydrogens is 218 g/mol. The molecule has 0 aliphatic carbocycles. The van der Waals surface area contributed by atoms with Gasteiger partial charge in [0.05, 0.1) is 12.2 Å². The van der Waals surface area contributed by atoms with E-state index in [0.717, 1.165) is 13.1 Å². The number of amides is 1. The summed E-state index contributed by atoms with van der Waals surface area (Å²) in [7, 11) is 0. The van der Waals surface area contributed by atoms with Crippen molar-refractivity contribution in [2.24, 2.45) is 5.92 Å². The largest absolute Gasteiger partial charge is 0.444 e. The van der Waals surface area contributed by atoms with Crippen LogP contribution in [-0.4, -0.2) is 41.9 Å². The maximum absolute atomic E-state index is 11.7. The number of rotatable bonds is 2. The molecule has 0 unspecified atom stereocenters. The minimum atomic E-state index is -0.413. The Bertz CT molecular complexity index is 269. The fourth-order valence-electron chi connectivity index (χ4n) is 1.52. The second-order valence-electron chi connectivity index (χ2n) is 6.67. The predicted molar refractivity (Wildman–Crippen MR) is 67.0 cm³/mol. The first-order valence-corrected chi connectivity index (χ1v) is 6.19. The van der Waals surface area contributed by atoms with Crippen LogP contribution in [0.5, 0.6) is 0 Å². The lowest BCUT2D eigenvalue weighted by atomic mass is 10.0. The molecule has 0 radical (unpaired) electrons. The summed E-state index contributed by atoms with van der Waals surface area (Å²) in [6.07, 6.45) is -0.218. The van der Waals surface area contributed by atoms with Gasteiger partial charge in [-0.2, -0.15) is 0 Å². The summed E-state index contributed by atoms with van der Waals surface area (Å²) < 4.78 is 11.0. The third-order valence-corrected chi connectivity index (χ3v) is 2.36. The summed E-state index contributed by atoms with van der Waals surface area (Å²) in [5.74, 6) is 0.446. The molecule has 4 heteroatoms. The molecule has 0 aromatic carbocycles. The van der Waals surface area contributed by atoms with E-state index >= 15 is 0 Å². The number of likely N-dealkylation sites (tertiary alicyclic amines) is 1. The summed E-state index contributed by atoms with van der Waals surface area (Å²) in [5.41, 5.74) is -0.517. The van der Waals surface area contributed by atoms with Crippen LogP contribution in [0.1, 0.15) is 41.5 Å². The molecule has 1 fully saturated rings. The topological polar surface area (TPSA) is 38.8 Å². The van der Waals surface area contributed by atoms with E-state index < -0.39 is 5.60 Å².